The van der Waals surface area contributed by atoms with Crippen molar-refractivity contribution in [2.45, 2.75) is 251 Å². The van der Waals surface area contributed by atoms with E-state index in [-0.39, 0.29) is 19.2 Å². The highest BCUT2D eigenvalue weighted by atomic mass is 16.6. The van der Waals surface area contributed by atoms with Gasteiger partial charge in [0.25, 0.3) is 0 Å². The van der Waals surface area contributed by atoms with Gasteiger partial charge < -0.3 is 14.6 Å². The maximum atomic E-state index is 12.3. The second kappa shape index (κ2) is 52.0. The van der Waals surface area contributed by atoms with Crippen LogP contribution < -0.4 is 0 Å². The quantitative estimate of drug-likeness (QED) is 0.0377. The Morgan fingerprint density at radius 3 is 1.14 bits per heavy atom. The highest BCUT2D eigenvalue weighted by molar-refractivity contribution is 5.69. The van der Waals surface area contributed by atoms with Crippen molar-refractivity contribution in [2.24, 2.45) is 0 Å². The van der Waals surface area contributed by atoms with Crippen molar-refractivity contribution in [3.63, 3.8) is 0 Å². The molecule has 0 fully saturated rings. The molecule has 0 bridgehead atoms. The molecule has 1 unspecified atom stereocenters. The number of carbonyl (C=O) groups is 1. The molecule has 0 aliphatic rings. The first kappa shape index (κ1) is 56.8. The van der Waals surface area contributed by atoms with E-state index in [1.54, 1.807) is 0 Å². The maximum absolute atomic E-state index is 12.3. The summed E-state index contributed by atoms with van der Waals surface area (Å²) in [4.78, 5) is 12.3. The lowest BCUT2D eigenvalue weighted by molar-refractivity contribution is -0.154. The fourth-order valence-electron chi connectivity index (χ4n) is 7.27. The molecule has 0 aromatic heterocycles. The molecule has 0 rings (SSSR count). The number of rotatable bonds is 47. The van der Waals surface area contributed by atoms with Gasteiger partial charge in [0.05, 0.1) is 13.2 Å². The van der Waals surface area contributed by atoms with E-state index in [0.717, 1.165) is 77.0 Å². The van der Waals surface area contributed by atoms with E-state index in [1.807, 2.05) is 0 Å². The van der Waals surface area contributed by atoms with Gasteiger partial charge in [-0.05, 0) is 64.2 Å². The van der Waals surface area contributed by atoms with Crippen LogP contribution in [0.15, 0.2) is 72.9 Å². The summed E-state index contributed by atoms with van der Waals surface area (Å²) in [6, 6.07) is 0. The monoisotopic (exact) mass is 823 g/mol. The number of hydrogen-bond acceptors (Lipinski definition) is 4. The number of aliphatic hydroxyl groups is 1. The molecule has 59 heavy (non-hydrogen) atoms. The Kier molecular flexibility index (Phi) is 50.1. The van der Waals surface area contributed by atoms with Gasteiger partial charge in [0.1, 0.15) is 6.10 Å². The topological polar surface area (TPSA) is 55.8 Å². The van der Waals surface area contributed by atoms with Crippen LogP contribution in [-0.4, -0.2) is 37.0 Å². The van der Waals surface area contributed by atoms with Crippen molar-refractivity contribution < 1.29 is 19.4 Å². The fourth-order valence-corrected chi connectivity index (χ4v) is 7.27. The molecule has 0 aliphatic carbocycles. The van der Waals surface area contributed by atoms with Gasteiger partial charge in [0.15, 0.2) is 0 Å². The maximum Gasteiger partial charge on any atom is 0.306 e. The van der Waals surface area contributed by atoms with Gasteiger partial charge in [0.2, 0.25) is 0 Å². The molecule has 1 N–H and O–H groups in total. The summed E-state index contributed by atoms with van der Waals surface area (Å²) < 4.78 is 11.2. The van der Waals surface area contributed by atoms with E-state index in [4.69, 9.17) is 9.47 Å². The van der Waals surface area contributed by atoms with Crippen molar-refractivity contribution in [3.8, 4) is 0 Å². The largest absolute Gasteiger partial charge is 0.457 e. The molecule has 4 heteroatoms. The van der Waals surface area contributed by atoms with E-state index >= 15 is 0 Å². The molecule has 0 amide bonds. The van der Waals surface area contributed by atoms with Crippen LogP contribution in [0.3, 0.4) is 0 Å². The van der Waals surface area contributed by atoms with E-state index in [9.17, 15) is 9.90 Å². The van der Waals surface area contributed by atoms with Gasteiger partial charge in [-0.1, -0.05) is 247 Å². The molecular weight excluding hydrogens is 725 g/mol. The number of aliphatic hydroxyl groups excluding tert-OH is 1. The lowest BCUT2D eigenvalue weighted by atomic mass is 10.0. The van der Waals surface area contributed by atoms with Crippen LogP contribution >= 0.6 is 0 Å². The molecule has 0 spiro atoms. The van der Waals surface area contributed by atoms with Crippen LogP contribution in [0.5, 0.6) is 0 Å². The highest BCUT2D eigenvalue weighted by Crippen LogP contribution is 2.16. The molecule has 4 nitrogen and oxygen atoms in total. The van der Waals surface area contributed by atoms with Crippen molar-refractivity contribution >= 4 is 5.97 Å². The van der Waals surface area contributed by atoms with E-state index in [1.165, 1.54) is 148 Å². The van der Waals surface area contributed by atoms with Gasteiger partial charge in [-0.3, -0.25) is 4.79 Å². The minimum Gasteiger partial charge on any atom is -0.457 e. The summed E-state index contributed by atoms with van der Waals surface area (Å²) >= 11 is 0. The zero-order valence-corrected chi connectivity index (χ0v) is 39.3. The van der Waals surface area contributed by atoms with E-state index < -0.39 is 6.10 Å². The van der Waals surface area contributed by atoms with Crippen LogP contribution in [0.4, 0.5) is 0 Å². The van der Waals surface area contributed by atoms with Crippen LogP contribution in [0.1, 0.15) is 245 Å². The summed E-state index contributed by atoms with van der Waals surface area (Å²) in [7, 11) is 0. The van der Waals surface area contributed by atoms with Crippen molar-refractivity contribution in [3.05, 3.63) is 72.9 Å². The summed E-state index contributed by atoms with van der Waals surface area (Å²) in [5.41, 5.74) is 0. The Balaban J connectivity index is 3.46. The lowest BCUT2D eigenvalue weighted by Gasteiger charge is -2.15. The SMILES string of the molecule is CC/C=C\C/C=C\C/C=C\C/C=C\C/C=C\C/C=C\CCCCCOCC(CO)OC(=O)CCCCCCCCCCCCCCCCCCCCCCCCCCC. The smallest absolute Gasteiger partial charge is 0.306 e. The Labute approximate surface area is 367 Å². The summed E-state index contributed by atoms with van der Waals surface area (Å²) in [5.74, 6) is -0.210. The van der Waals surface area contributed by atoms with Crippen LogP contribution in [-0.2, 0) is 14.3 Å². The average molecular weight is 823 g/mol. The third-order valence-corrected chi connectivity index (χ3v) is 11.0. The summed E-state index contributed by atoms with van der Waals surface area (Å²) in [5, 5.41) is 9.65. The van der Waals surface area contributed by atoms with E-state index in [2.05, 4.69) is 86.8 Å². The molecule has 0 aromatic rings. The van der Waals surface area contributed by atoms with Gasteiger partial charge in [-0.25, -0.2) is 0 Å². The van der Waals surface area contributed by atoms with Crippen molar-refractivity contribution in [2.75, 3.05) is 19.8 Å². The molecule has 0 aliphatic heterocycles. The summed E-state index contributed by atoms with van der Waals surface area (Å²) in [6.45, 7) is 5.18. The Morgan fingerprint density at radius 2 is 0.763 bits per heavy atom. The number of ether oxygens (including phenoxy) is 2. The second-order valence-corrected chi connectivity index (χ2v) is 16.9. The zero-order valence-electron chi connectivity index (χ0n) is 39.3. The molecule has 0 saturated carbocycles. The predicted molar refractivity (Wildman–Crippen MR) is 260 cm³/mol. The minimum absolute atomic E-state index is 0.187. The van der Waals surface area contributed by atoms with Crippen molar-refractivity contribution in [1.82, 2.24) is 0 Å². The summed E-state index contributed by atoms with van der Waals surface area (Å²) in [6.07, 6.45) is 71.4. The Hall–Kier alpha value is -2.17. The normalized spacial score (nSPS) is 12.9. The lowest BCUT2D eigenvalue weighted by Crippen LogP contribution is -2.27. The molecule has 0 radical (unpaired) electrons. The third kappa shape index (κ3) is 50.1. The second-order valence-electron chi connectivity index (χ2n) is 16.9. The van der Waals surface area contributed by atoms with Gasteiger partial charge in [-0.2, -0.15) is 0 Å². The predicted octanol–water partition coefficient (Wildman–Crippen LogP) is 17.3. The number of allylic oxidation sites excluding steroid dienone is 12. The van der Waals surface area contributed by atoms with Gasteiger partial charge in [0, 0.05) is 13.0 Å². The molecular formula is C55H98O4. The van der Waals surface area contributed by atoms with E-state index in [0.29, 0.717) is 13.0 Å². The number of carbonyl (C=O) groups excluding carboxylic acids is 1. The molecule has 0 saturated heterocycles. The number of esters is 1. The average Bonchev–Trinajstić information content (AvgIpc) is 3.24. The first-order chi connectivity index (χ1) is 29.2. The number of unbranched alkanes of at least 4 members (excludes halogenated alkanes) is 27. The van der Waals surface area contributed by atoms with Crippen LogP contribution in [0.25, 0.3) is 0 Å². The zero-order chi connectivity index (χ0) is 42.6. The Morgan fingerprint density at radius 1 is 0.424 bits per heavy atom. The van der Waals surface area contributed by atoms with Gasteiger partial charge >= 0.3 is 5.97 Å². The van der Waals surface area contributed by atoms with Gasteiger partial charge in [-0.15, -0.1) is 0 Å². The Bertz CT molecular complexity index is 1000. The first-order valence-corrected chi connectivity index (χ1v) is 25.5. The number of hydrogen-bond donors (Lipinski definition) is 1. The minimum atomic E-state index is -0.555. The van der Waals surface area contributed by atoms with Crippen LogP contribution in [0.2, 0.25) is 0 Å². The fraction of sp³-hybridized carbons (Fsp3) is 0.764. The first-order valence-electron chi connectivity index (χ1n) is 25.5. The molecule has 0 aromatic carbocycles. The van der Waals surface area contributed by atoms with Crippen LogP contribution in [0, 0.1) is 0 Å². The highest BCUT2D eigenvalue weighted by Gasteiger charge is 2.13. The van der Waals surface area contributed by atoms with Crippen molar-refractivity contribution in [1.29, 1.82) is 0 Å². The molecule has 1 atom stereocenters. The molecule has 0 heterocycles. The standard InChI is InChI=1S/C55H98O4/c1-3-5-7-9-11-13-15-17-19-21-23-25-27-28-29-30-32-34-36-38-40-42-44-46-48-50-55(57)59-54(52-56)53-58-51-49-47-45-43-41-39-37-35-33-31-26-24-22-20-18-16-14-12-10-8-6-4-2/h6,8,12,14,18,20,24,26,33,35,39,41,54,56H,3-5,7,9-11,13,15-17,19,21-23,25,27-32,34,36-38,40,42-53H2,1-2H3/b8-6-,14-12-,20-18-,26-24-,35-33-,41-39-. The third-order valence-electron chi connectivity index (χ3n) is 11.0. The molecule has 342 valence electrons.